The number of esters is 2. The summed E-state index contributed by atoms with van der Waals surface area (Å²) >= 11 is 0. The maximum atomic E-state index is 12.8. The molecule has 140 valence electrons. The largest absolute Gasteiger partial charge is 0.465 e. The van der Waals surface area contributed by atoms with Crippen molar-refractivity contribution in [2.24, 2.45) is 0 Å². The SMILES string of the molecule is COC(=O)C(=O)C(C(=O)OC)=P1(c2c(C)cc(C)cc2C)C=C(C)CC1. The molecule has 0 saturated carbocycles. The lowest BCUT2D eigenvalue weighted by Gasteiger charge is -2.27. The van der Waals surface area contributed by atoms with Gasteiger partial charge in [-0.2, -0.15) is 0 Å². The molecule has 1 aromatic rings. The minimum Gasteiger partial charge on any atom is -0.465 e. The third-order valence-electron chi connectivity index (χ3n) is 4.70. The number of aryl methyl sites for hydroxylation is 3. The molecule has 0 bridgehead atoms. The molecule has 1 aromatic carbocycles. The number of ether oxygens (including phenoxy) is 2. The molecule has 0 spiro atoms. The average Bonchev–Trinajstić information content (AvgIpc) is 2.94. The zero-order chi connectivity index (χ0) is 19.6. The first-order valence-electron chi connectivity index (χ1n) is 8.41. The van der Waals surface area contributed by atoms with E-state index in [4.69, 9.17) is 4.74 Å². The molecule has 0 N–H and O–H groups in total. The Hall–Kier alpha value is -2.13. The van der Waals surface area contributed by atoms with E-state index in [1.54, 1.807) is 0 Å². The average molecular weight is 376 g/mol. The van der Waals surface area contributed by atoms with Crippen molar-refractivity contribution in [3.8, 4) is 0 Å². The van der Waals surface area contributed by atoms with Crippen LogP contribution in [-0.2, 0) is 23.9 Å². The molecule has 1 aliphatic heterocycles. The summed E-state index contributed by atoms with van der Waals surface area (Å²) in [4.78, 5) is 37.5. The van der Waals surface area contributed by atoms with E-state index >= 15 is 0 Å². The molecule has 1 unspecified atom stereocenters. The van der Waals surface area contributed by atoms with Gasteiger partial charge in [-0.05, 0) is 63.6 Å². The summed E-state index contributed by atoms with van der Waals surface area (Å²) in [6.07, 6.45) is 1.41. The molecule has 1 aliphatic rings. The van der Waals surface area contributed by atoms with Crippen molar-refractivity contribution >= 4 is 35.2 Å². The first-order valence-corrected chi connectivity index (χ1v) is 10.4. The highest BCUT2D eigenvalue weighted by Gasteiger charge is 2.39. The van der Waals surface area contributed by atoms with Crippen molar-refractivity contribution in [2.75, 3.05) is 20.4 Å². The van der Waals surface area contributed by atoms with Crippen molar-refractivity contribution < 1.29 is 23.9 Å². The molecule has 6 heteroatoms. The van der Waals surface area contributed by atoms with Gasteiger partial charge in [0.2, 0.25) is 0 Å². The third-order valence-corrected chi connectivity index (χ3v) is 9.20. The van der Waals surface area contributed by atoms with Crippen LogP contribution in [0.15, 0.2) is 23.5 Å². The summed E-state index contributed by atoms with van der Waals surface area (Å²) in [5.41, 5.74) is 4.25. The van der Waals surface area contributed by atoms with Gasteiger partial charge in [0.15, 0.2) is 0 Å². The van der Waals surface area contributed by atoms with Gasteiger partial charge in [0.1, 0.15) is 5.29 Å². The molecule has 0 radical (unpaired) electrons. The number of rotatable bonds is 4. The summed E-state index contributed by atoms with van der Waals surface area (Å²) in [5, 5.41) is 0.913. The quantitative estimate of drug-likeness (QED) is 0.350. The number of hydrogen-bond donors (Lipinski definition) is 0. The second kappa shape index (κ2) is 7.63. The fourth-order valence-electron chi connectivity index (χ4n) is 3.85. The Balaban J connectivity index is 3.01. The predicted octanol–water partition coefficient (Wildman–Crippen LogP) is 2.65. The molecular weight excluding hydrogens is 351 g/mol. The van der Waals surface area contributed by atoms with E-state index in [1.807, 2.05) is 45.6 Å². The molecule has 0 saturated heterocycles. The molecule has 0 aromatic heterocycles. The van der Waals surface area contributed by atoms with Crippen LogP contribution < -0.4 is 5.30 Å². The molecule has 0 aliphatic carbocycles. The molecule has 1 heterocycles. The Morgan fingerprint density at radius 1 is 0.923 bits per heavy atom. The van der Waals surface area contributed by atoms with Crippen LogP contribution in [0, 0.1) is 20.8 Å². The van der Waals surface area contributed by atoms with Crippen LogP contribution in [0.2, 0.25) is 0 Å². The van der Waals surface area contributed by atoms with Crippen molar-refractivity contribution in [1.29, 1.82) is 0 Å². The maximum absolute atomic E-state index is 12.8. The number of Topliss-reactive ketones (excluding diaryl/α,β-unsaturated/α-hetero) is 1. The second-order valence-electron chi connectivity index (χ2n) is 6.73. The predicted molar refractivity (Wildman–Crippen MR) is 104 cm³/mol. The number of ketones is 1. The van der Waals surface area contributed by atoms with Gasteiger partial charge >= 0.3 is 11.9 Å². The lowest BCUT2D eigenvalue weighted by molar-refractivity contribution is -0.149. The Bertz CT molecular complexity index is 853. The monoisotopic (exact) mass is 376 g/mol. The highest BCUT2D eigenvalue weighted by molar-refractivity contribution is 7.89. The summed E-state index contributed by atoms with van der Waals surface area (Å²) in [5.74, 6) is -0.660. The zero-order valence-electron chi connectivity index (χ0n) is 16.1. The lowest BCUT2D eigenvalue weighted by Crippen LogP contribution is -2.36. The topological polar surface area (TPSA) is 69.7 Å². The van der Waals surface area contributed by atoms with E-state index in [0.29, 0.717) is 6.16 Å². The van der Waals surface area contributed by atoms with Crippen LogP contribution in [-0.4, -0.2) is 43.4 Å². The Morgan fingerprint density at radius 3 is 1.88 bits per heavy atom. The van der Waals surface area contributed by atoms with Crippen molar-refractivity contribution in [3.05, 3.63) is 40.2 Å². The molecule has 26 heavy (non-hydrogen) atoms. The first-order chi connectivity index (χ1) is 12.2. The Labute approximate surface area is 154 Å². The van der Waals surface area contributed by atoms with Crippen LogP contribution in [0.5, 0.6) is 0 Å². The van der Waals surface area contributed by atoms with E-state index in [2.05, 4.69) is 4.74 Å². The molecule has 1 atom stereocenters. The van der Waals surface area contributed by atoms with Gasteiger partial charge in [-0.25, -0.2) is 9.59 Å². The fourth-order valence-corrected chi connectivity index (χ4v) is 8.75. The van der Waals surface area contributed by atoms with Crippen LogP contribution in [0.3, 0.4) is 0 Å². The second-order valence-corrected chi connectivity index (χ2v) is 10.1. The van der Waals surface area contributed by atoms with E-state index in [0.717, 1.165) is 41.1 Å². The minimum atomic E-state index is -2.53. The first kappa shape index (κ1) is 20.2. The van der Waals surface area contributed by atoms with Gasteiger partial charge in [0.05, 0.1) is 14.2 Å². The summed E-state index contributed by atoms with van der Waals surface area (Å²) in [6, 6.07) is 4.09. The number of benzene rings is 1. The number of carbonyl (C=O) groups is 3. The minimum absolute atomic E-state index is 0.0706. The molecular formula is C20H25O5P. The van der Waals surface area contributed by atoms with Gasteiger partial charge in [-0.15, -0.1) is 0 Å². The number of carbonyl (C=O) groups excluding carboxylic acids is 3. The van der Waals surface area contributed by atoms with E-state index in [-0.39, 0.29) is 5.29 Å². The van der Waals surface area contributed by atoms with Gasteiger partial charge < -0.3 is 9.47 Å². The van der Waals surface area contributed by atoms with Crippen LogP contribution in [0.1, 0.15) is 30.0 Å². The van der Waals surface area contributed by atoms with Crippen LogP contribution in [0.4, 0.5) is 0 Å². The summed E-state index contributed by atoms with van der Waals surface area (Å²) < 4.78 is 9.53. The van der Waals surface area contributed by atoms with Gasteiger partial charge in [0.25, 0.3) is 5.78 Å². The van der Waals surface area contributed by atoms with Crippen molar-refractivity contribution in [1.82, 2.24) is 0 Å². The van der Waals surface area contributed by atoms with Gasteiger partial charge in [0, 0.05) is 0 Å². The number of methoxy groups -OCH3 is 2. The maximum Gasteiger partial charge on any atom is 0.379 e. The van der Waals surface area contributed by atoms with Crippen molar-refractivity contribution in [2.45, 2.75) is 34.1 Å². The van der Waals surface area contributed by atoms with E-state index in [1.165, 1.54) is 7.11 Å². The van der Waals surface area contributed by atoms with Crippen molar-refractivity contribution in [3.63, 3.8) is 0 Å². The zero-order valence-corrected chi connectivity index (χ0v) is 17.0. The van der Waals surface area contributed by atoms with E-state index in [9.17, 15) is 14.4 Å². The standard InChI is InChI=1S/C20H25O5P/c1-12-7-8-26(11-12,17-14(3)9-13(2)10-15(17)4)18(20(23)25-6)16(21)19(22)24-5/h9-11H,7-8H2,1-6H3. The van der Waals surface area contributed by atoms with Crippen LogP contribution >= 0.6 is 6.89 Å². The smallest absolute Gasteiger partial charge is 0.379 e. The summed E-state index contributed by atoms with van der Waals surface area (Å²) in [6.45, 7) is 5.43. The Kier molecular flexibility index (Phi) is 5.92. The number of hydrogen-bond acceptors (Lipinski definition) is 5. The molecule has 0 fully saturated rings. The third kappa shape index (κ3) is 3.41. The highest BCUT2D eigenvalue weighted by atomic mass is 31.2. The molecule has 0 amide bonds. The summed E-state index contributed by atoms with van der Waals surface area (Å²) in [7, 11) is 2.36. The molecule has 2 rings (SSSR count). The Morgan fingerprint density at radius 2 is 1.46 bits per heavy atom. The highest BCUT2D eigenvalue weighted by Crippen LogP contribution is 2.57. The van der Waals surface area contributed by atoms with Gasteiger partial charge in [-0.1, -0.05) is 29.1 Å². The van der Waals surface area contributed by atoms with Crippen LogP contribution in [0.25, 0.3) is 0 Å². The number of allylic oxidation sites excluding steroid dienone is 1. The fraction of sp³-hybridized carbons (Fsp3) is 0.400. The lowest BCUT2D eigenvalue weighted by atomic mass is 10.1. The molecule has 5 nitrogen and oxygen atoms in total. The normalized spacial score (nSPS) is 18.9. The van der Waals surface area contributed by atoms with E-state index < -0.39 is 24.6 Å². The van der Waals surface area contributed by atoms with Gasteiger partial charge in [-0.3, -0.25) is 4.79 Å².